The van der Waals surface area contributed by atoms with Crippen molar-refractivity contribution in [1.29, 1.82) is 0 Å². The van der Waals surface area contributed by atoms with Gasteiger partial charge in [0.2, 0.25) is 0 Å². The molecule has 8 aromatic carbocycles. The number of pyridine rings is 1. The van der Waals surface area contributed by atoms with Crippen LogP contribution >= 0.6 is 0 Å². The zero-order valence-electron chi connectivity index (χ0n) is 30.5. The highest BCUT2D eigenvalue weighted by atomic mass is 14.9. The molecule has 3 nitrogen and oxygen atoms in total. The molecule has 10 rings (SSSR count). The van der Waals surface area contributed by atoms with Gasteiger partial charge in [0.25, 0.3) is 0 Å². The first kappa shape index (κ1) is 33.1. The molecule has 10 aromatic rings. The molecule has 2 heterocycles. The third kappa shape index (κ3) is 6.31. The lowest BCUT2D eigenvalue weighted by molar-refractivity contribution is 1.18. The van der Waals surface area contributed by atoms with Gasteiger partial charge in [0, 0.05) is 38.4 Å². The van der Waals surface area contributed by atoms with E-state index in [0.29, 0.717) is 5.82 Å². The first-order valence-corrected chi connectivity index (χ1v) is 18.9. The van der Waals surface area contributed by atoms with Crippen LogP contribution in [0.4, 0.5) is 0 Å². The summed E-state index contributed by atoms with van der Waals surface area (Å²) < 4.78 is 0. The fourth-order valence-electron chi connectivity index (χ4n) is 7.71. The van der Waals surface area contributed by atoms with Crippen LogP contribution < -0.4 is 0 Å². The molecule has 0 aliphatic heterocycles. The monoisotopic (exact) mass is 713 g/mol. The Bertz CT molecular complexity index is 2890. The Morgan fingerprint density at radius 1 is 0.268 bits per heavy atom. The van der Waals surface area contributed by atoms with Gasteiger partial charge in [0.15, 0.2) is 5.82 Å². The largest absolute Gasteiger partial charge is 0.247 e. The summed E-state index contributed by atoms with van der Waals surface area (Å²) in [5, 5.41) is 3.48. The summed E-state index contributed by atoms with van der Waals surface area (Å²) >= 11 is 0. The highest BCUT2D eigenvalue weighted by molar-refractivity contribution is 6.17. The van der Waals surface area contributed by atoms with Crippen LogP contribution in [0.5, 0.6) is 0 Å². The summed E-state index contributed by atoms with van der Waals surface area (Å²) in [6, 6.07) is 74.5. The van der Waals surface area contributed by atoms with E-state index >= 15 is 0 Å². The summed E-state index contributed by atoms with van der Waals surface area (Å²) in [6.07, 6.45) is 0. The fourth-order valence-corrected chi connectivity index (χ4v) is 7.71. The molecule has 0 N–H and O–H groups in total. The molecular formula is C53H35N3. The van der Waals surface area contributed by atoms with E-state index < -0.39 is 0 Å². The van der Waals surface area contributed by atoms with Crippen LogP contribution in [0.1, 0.15) is 0 Å². The third-order valence-electron chi connectivity index (χ3n) is 10.5. The molecule has 2 aromatic heterocycles. The van der Waals surface area contributed by atoms with Crippen molar-refractivity contribution < 1.29 is 0 Å². The Balaban J connectivity index is 1.11. The molecule has 0 amide bonds. The van der Waals surface area contributed by atoms with Crippen LogP contribution in [0.25, 0.3) is 100 Å². The standard InChI is InChI=1S/C53H35N3/c1-4-15-36(16-5-1)41-21-12-23-43(33-41)50-35-49(55-53(56-50)44-24-13-22-42(34-44)37-17-6-2-7-18-37)39-31-29-38(30-32-39)45-26-14-27-47-51(45)46-25-10-11-28-48(46)54-52(47)40-19-8-3-9-20-40/h1-35H. The molecule has 0 aliphatic rings. The van der Waals surface area contributed by atoms with Crippen LogP contribution in [0, 0.1) is 0 Å². The Hall–Kier alpha value is -7.49. The van der Waals surface area contributed by atoms with E-state index in [2.05, 4.69) is 194 Å². The summed E-state index contributed by atoms with van der Waals surface area (Å²) in [4.78, 5) is 15.6. The predicted octanol–water partition coefficient (Wildman–Crippen LogP) is 13.8. The van der Waals surface area contributed by atoms with Gasteiger partial charge in [0.1, 0.15) is 0 Å². The second-order valence-electron chi connectivity index (χ2n) is 14.0. The molecule has 0 unspecified atom stereocenters. The van der Waals surface area contributed by atoms with E-state index in [-0.39, 0.29) is 0 Å². The summed E-state index contributed by atoms with van der Waals surface area (Å²) in [5.74, 6) is 0.686. The van der Waals surface area contributed by atoms with Crippen molar-refractivity contribution in [2.45, 2.75) is 0 Å². The van der Waals surface area contributed by atoms with Crippen molar-refractivity contribution in [3.8, 4) is 78.5 Å². The van der Waals surface area contributed by atoms with Gasteiger partial charge in [-0.1, -0.05) is 188 Å². The van der Waals surface area contributed by atoms with Crippen LogP contribution in [0.2, 0.25) is 0 Å². The molecule has 0 aliphatic carbocycles. The van der Waals surface area contributed by atoms with Crippen molar-refractivity contribution in [3.05, 3.63) is 212 Å². The average Bonchev–Trinajstić information content (AvgIpc) is 3.29. The van der Waals surface area contributed by atoms with Crippen molar-refractivity contribution in [3.63, 3.8) is 0 Å². The summed E-state index contributed by atoms with van der Waals surface area (Å²) in [6.45, 7) is 0. The minimum atomic E-state index is 0.686. The van der Waals surface area contributed by atoms with Gasteiger partial charge >= 0.3 is 0 Å². The number of para-hydroxylation sites is 1. The fraction of sp³-hybridized carbons (Fsp3) is 0. The second kappa shape index (κ2) is 14.4. The maximum Gasteiger partial charge on any atom is 0.160 e. The predicted molar refractivity (Wildman–Crippen MR) is 233 cm³/mol. The highest BCUT2D eigenvalue weighted by Crippen LogP contribution is 2.39. The van der Waals surface area contributed by atoms with Crippen LogP contribution in [0.15, 0.2) is 212 Å². The summed E-state index contributed by atoms with van der Waals surface area (Å²) in [7, 11) is 0. The van der Waals surface area contributed by atoms with E-state index in [9.17, 15) is 0 Å². The van der Waals surface area contributed by atoms with Gasteiger partial charge in [-0.3, -0.25) is 0 Å². The lowest BCUT2D eigenvalue weighted by atomic mass is 9.92. The number of fused-ring (bicyclic) bond motifs is 3. The molecule has 262 valence electrons. The minimum absolute atomic E-state index is 0.686. The van der Waals surface area contributed by atoms with Crippen LogP contribution in [0.3, 0.4) is 0 Å². The average molecular weight is 714 g/mol. The van der Waals surface area contributed by atoms with Gasteiger partial charge in [0.05, 0.1) is 22.6 Å². The Kier molecular flexibility index (Phi) is 8.51. The van der Waals surface area contributed by atoms with E-state index in [0.717, 1.165) is 77.9 Å². The lowest BCUT2D eigenvalue weighted by Gasteiger charge is -2.15. The minimum Gasteiger partial charge on any atom is -0.247 e. The molecule has 0 fully saturated rings. The number of nitrogens with zero attached hydrogens (tertiary/aromatic N) is 3. The molecule has 0 saturated heterocycles. The molecule has 0 bridgehead atoms. The van der Waals surface area contributed by atoms with Gasteiger partial charge in [-0.25, -0.2) is 15.0 Å². The first-order valence-electron chi connectivity index (χ1n) is 18.9. The van der Waals surface area contributed by atoms with E-state index in [1.54, 1.807) is 0 Å². The lowest BCUT2D eigenvalue weighted by Crippen LogP contribution is -1.96. The van der Waals surface area contributed by atoms with E-state index in [1.807, 2.05) is 18.2 Å². The Morgan fingerprint density at radius 3 is 1.43 bits per heavy atom. The number of hydrogen-bond donors (Lipinski definition) is 0. The molecule has 0 saturated carbocycles. The highest BCUT2D eigenvalue weighted by Gasteiger charge is 2.16. The van der Waals surface area contributed by atoms with E-state index in [4.69, 9.17) is 15.0 Å². The molecule has 56 heavy (non-hydrogen) atoms. The van der Waals surface area contributed by atoms with Gasteiger partial charge < -0.3 is 0 Å². The topological polar surface area (TPSA) is 38.7 Å². The van der Waals surface area contributed by atoms with Gasteiger partial charge in [-0.05, 0) is 57.6 Å². The van der Waals surface area contributed by atoms with Crippen molar-refractivity contribution in [2.75, 3.05) is 0 Å². The third-order valence-corrected chi connectivity index (χ3v) is 10.5. The molecular weight excluding hydrogens is 679 g/mol. The number of rotatable bonds is 7. The maximum absolute atomic E-state index is 5.23. The van der Waals surface area contributed by atoms with E-state index in [1.165, 1.54) is 16.5 Å². The zero-order valence-corrected chi connectivity index (χ0v) is 30.5. The van der Waals surface area contributed by atoms with Gasteiger partial charge in [-0.2, -0.15) is 0 Å². The molecule has 0 spiro atoms. The SMILES string of the molecule is c1ccc(-c2cccc(-c3cc(-c4ccc(-c5cccc6c(-c7ccccc7)nc7ccccc7c56)cc4)nc(-c4cccc(-c5ccccc5)c4)n3)c2)cc1. The number of benzene rings is 8. The molecule has 0 atom stereocenters. The maximum atomic E-state index is 5.23. The zero-order chi connectivity index (χ0) is 37.3. The number of hydrogen-bond acceptors (Lipinski definition) is 3. The normalized spacial score (nSPS) is 11.2. The smallest absolute Gasteiger partial charge is 0.160 e. The Morgan fingerprint density at radius 2 is 0.750 bits per heavy atom. The van der Waals surface area contributed by atoms with Crippen molar-refractivity contribution in [1.82, 2.24) is 15.0 Å². The molecule has 3 heteroatoms. The second-order valence-corrected chi connectivity index (χ2v) is 14.0. The Labute approximate surface area is 326 Å². The van der Waals surface area contributed by atoms with Crippen molar-refractivity contribution >= 4 is 21.7 Å². The van der Waals surface area contributed by atoms with Crippen molar-refractivity contribution in [2.24, 2.45) is 0 Å². The van der Waals surface area contributed by atoms with Gasteiger partial charge in [-0.15, -0.1) is 0 Å². The number of aromatic nitrogens is 3. The first-order chi connectivity index (χ1) is 27.7. The van der Waals surface area contributed by atoms with Crippen LogP contribution in [-0.4, -0.2) is 15.0 Å². The van der Waals surface area contributed by atoms with Crippen LogP contribution in [-0.2, 0) is 0 Å². The summed E-state index contributed by atoms with van der Waals surface area (Å²) in [5.41, 5.74) is 14.8. The molecule has 0 radical (unpaired) electrons. The quantitative estimate of drug-likeness (QED) is 0.154.